The summed E-state index contributed by atoms with van der Waals surface area (Å²) in [5.74, 6) is 1.40. The topological polar surface area (TPSA) is 76.5 Å². The normalized spacial score (nSPS) is 23.2. The second-order valence-electron chi connectivity index (χ2n) is 5.69. The van der Waals surface area contributed by atoms with E-state index in [1.165, 1.54) is 18.7 Å². The van der Waals surface area contributed by atoms with Gasteiger partial charge >= 0.3 is 0 Å². The number of halogens is 1. The Labute approximate surface area is 138 Å². The molecule has 0 saturated carbocycles. The summed E-state index contributed by atoms with van der Waals surface area (Å²) < 4.78 is 24.1. The van der Waals surface area contributed by atoms with Crippen molar-refractivity contribution in [1.82, 2.24) is 19.9 Å². The lowest BCUT2D eigenvalue weighted by Crippen LogP contribution is -2.51. The molecule has 126 valence electrons. The predicted octanol–water partition coefficient (Wildman–Crippen LogP) is 0.508. The highest BCUT2D eigenvalue weighted by Crippen LogP contribution is 2.29. The number of methoxy groups -OCH3 is 1. The van der Waals surface area contributed by atoms with Crippen LogP contribution in [0.15, 0.2) is 24.8 Å². The smallest absolute Gasteiger partial charge is 0.225 e. The van der Waals surface area contributed by atoms with Crippen LogP contribution in [0.3, 0.4) is 0 Å². The van der Waals surface area contributed by atoms with Crippen LogP contribution in [0, 0.1) is 5.82 Å². The van der Waals surface area contributed by atoms with Crippen molar-refractivity contribution in [3.63, 3.8) is 0 Å². The number of aromatic nitrogens is 4. The standard InChI is InChI=1S/C15H17FN6O2/c1-23-14-4-13(19-9-20-14)21-7-11-12(8-21)24-3-2-22(11)15-17-5-10(16)6-18-15/h4-6,9,11-12H,2-3,7-8H2,1H3/t11-,12+/m1/s1. The van der Waals surface area contributed by atoms with Crippen LogP contribution in [0.1, 0.15) is 0 Å². The van der Waals surface area contributed by atoms with Crippen molar-refractivity contribution in [2.45, 2.75) is 12.1 Å². The third-order valence-corrected chi connectivity index (χ3v) is 4.33. The molecule has 0 unspecified atom stereocenters. The SMILES string of the molecule is COc1cc(N2C[C@@H]3OCCN(c4ncc(F)cn4)[C@@H]3C2)ncn1. The molecule has 0 aromatic carbocycles. The fourth-order valence-electron chi connectivity index (χ4n) is 3.19. The molecule has 2 fully saturated rings. The monoisotopic (exact) mass is 332 g/mol. The summed E-state index contributed by atoms with van der Waals surface area (Å²) in [6.07, 6.45) is 3.88. The van der Waals surface area contributed by atoms with Crippen LogP contribution < -0.4 is 14.5 Å². The van der Waals surface area contributed by atoms with E-state index in [1.54, 1.807) is 13.2 Å². The molecule has 0 N–H and O–H groups in total. The molecule has 2 saturated heterocycles. The first-order valence-corrected chi connectivity index (χ1v) is 7.71. The Morgan fingerprint density at radius 1 is 1.21 bits per heavy atom. The van der Waals surface area contributed by atoms with Gasteiger partial charge in [0.05, 0.1) is 38.3 Å². The molecule has 2 atom stereocenters. The van der Waals surface area contributed by atoms with Gasteiger partial charge in [-0.05, 0) is 0 Å². The van der Waals surface area contributed by atoms with E-state index in [2.05, 4.69) is 29.7 Å². The van der Waals surface area contributed by atoms with Crippen molar-refractivity contribution in [2.24, 2.45) is 0 Å². The van der Waals surface area contributed by atoms with Gasteiger partial charge in [0.15, 0.2) is 5.82 Å². The number of ether oxygens (including phenoxy) is 2. The molecule has 4 rings (SSSR count). The average Bonchev–Trinajstić information content (AvgIpc) is 3.07. The minimum absolute atomic E-state index is 0.0216. The van der Waals surface area contributed by atoms with Crippen LogP contribution in [-0.4, -0.2) is 65.4 Å². The van der Waals surface area contributed by atoms with Crippen LogP contribution in [-0.2, 0) is 4.74 Å². The lowest BCUT2D eigenvalue weighted by atomic mass is 10.1. The maximum absolute atomic E-state index is 13.1. The molecule has 0 radical (unpaired) electrons. The first-order chi connectivity index (χ1) is 11.7. The lowest BCUT2D eigenvalue weighted by molar-refractivity contribution is 0.0349. The molecular weight excluding hydrogens is 315 g/mol. The third-order valence-electron chi connectivity index (χ3n) is 4.33. The first-order valence-electron chi connectivity index (χ1n) is 7.71. The van der Waals surface area contributed by atoms with Gasteiger partial charge in [0.25, 0.3) is 0 Å². The maximum atomic E-state index is 13.1. The maximum Gasteiger partial charge on any atom is 0.225 e. The molecule has 2 aromatic heterocycles. The highest BCUT2D eigenvalue weighted by molar-refractivity contribution is 5.46. The van der Waals surface area contributed by atoms with Crippen LogP contribution in [0.2, 0.25) is 0 Å². The minimum Gasteiger partial charge on any atom is -0.481 e. The second-order valence-corrected chi connectivity index (χ2v) is 5.69. The van der Waals surface area contributed by atoms with Crippen molar-refractivity contribution in [3.8, 4) is 5.88 Å². The van der Waals surface area contributed by atoms with E-state index >= 15 is 0 Å². The molecule has 4 heterocycles. The molecule has 0 aliphatic carbocycles. The Morgan fingerprint density at radius 3 is 2.83 bits per heavy atom. The van der Waals surface area contributed by atoms with E-state index < -0.39 is 5.82 Å². The predicted molar refractivity (Wildman–Crippen MR) is 83.7 cm³/mol. The largest absolute Gasteiger partial charge is 0.481 e. The number of morpholine rings is 1. The van der Waals surface area contributed by atoms with E-state index in [9.17, 15) is 4.39 Å². The van der Waals surface area contributed by atoms with Gasteiger partial charge in [-0.15, -0.1) is 0 Å². The molecular formula is C15H17FN6O2. The summed E-state index contributed by atoms with van der Waals surface area (Å²) in [5, 5.41) is 0. The van der Waals surface area contributed by atoms with Crippen molar-refractivity contribution in [2.75, 3.05) is 43.2 Å². The van der Waals surface area contributed by atoms with Gasteiger partial charge in [-0.25, -0.2) is 24.3 Å². The quantitative estimate of drug-likeness (QED) is 0.805. The molecule has 0 bridgehead atoms. The average molecular weight is 332 g/mol. The summed E-state index contributed by atoms with van der Waals surface area (Å²) in [6, 6.07) is 1.89. The zero-order valence-electron chi connectivity index (χ0n) is 13.2. The fraction of sp³-hybridized carbons (Fsp3) is 0.467. The highest BCUT2D eigenvalue weighted by Gasteiger charge is 2.41. The zero-order valence-corrected chi connectivity index (χ0v) is 13.2. The van der Waals surface area contributed by atoms with E-state index in [0.29, 0.717) is 38.1 Å². The van der Waals surface area contributed by atoms with Crippen molar-refractivity contribution in [1.29, 1.82) is 0 Å². The van der Waals surface area contributed by atoms with Gasteiger partial charge in [0, 0.05) is 25.7 Å². The number of hydrogen-bond acceptors (Lipinski definition) is 8. The van der Waals surface area contributed by atoms with Crippen molar-refractivity contribution >= 4 is 11.8 Å². The minimum atomic E-state index is -0.440. The van der Waals surface area contributed by atoms with Crippen molar-refractivity contribution < 1.29 is 13.9 Å². The second kappa shape index (κ2) is 6.16. The molecule has 9 heteroatoms. The van der Waals surface area contributed by atoms with Gasteiger partial charge in [-0.3, -0.25) is 0 Å². The molecule has 24 heavy (non-hydrogen) atoms. The number of hydrogen-bond donors (Lipinski definition) is 0. The Bertz CT molecular complexity index is 715. The summed E-state index contributed by atoms with van der Waals surface area (Å²) in [4.78, 5) is 20.8. The Morgan fingerprint density at radius 2 is 2.04 bits per heavy atom. The highest BCUT2D eigenvalue weighted by atomic mass is 19.1. The van der Waals surface area contributed by atoms with Gasteiger partial charge < -0.3 is 19.3 Å². The molecule has 2 aliphatic rings. The number of rotatable bonds is 3. The summed E-state index contributed by atoms with van der Waals surface area (Å²) in [6.45, 7) is 2.69. The molecule has 0 amide bonds. The van der Waals surface area contributed by atoms with Crippen LogP contribution in [0.5, 0.6) is 5.88 Å². The number of nitrogens with zero attached hydrogens (tertiary/aromatic N) is 6. The van der Waals surface area contributed by atoms with Crippen LogP contribution >= 0.6 is 0 Å². The van der Waals surface area contributed by atoms with E-state index in [-0.39, 0.29) is 12.1 Å². The van der Waals surface area contributed by atoms with Crippen LogP contribution in [0.25, 0.3) is 0 Å². The fourth-order valence-corrected chi connectivity index (χ4v) is 3.19. The van der Waals surface area contributed by atoms with Crippen LogP contribution in [0.4, 0.5) is 16.2 Å². The van der Waals surface area contributed by atoms with Crippen molar-refractivity contribution in [3.05, 3.63) is 30.6 Å². The molecule has 8 nitrogen and oxygen atoms in total. The molecule has 0 spiro atoms. The Hall–Kier alpha value is -2.55. The van der Waals surface area contributed by atoms with E-state index in [4.69, 9.17) is 9.47 Å². The van der Waals surface area contributed by atoms with Gasteiger partial charge in [0.2, 0.25) is 11.8 Å². The van der Waals surface area contributed by atoms with E-state index in [1.807, 2.05) is 0 Å². The summed E-state index contributed by atoms with van der Waals surface area (Å²) in [7, 11) is 1.58. The molecule has 2 aliphatic heterocycles. The Kier molecular flexibility index (Phi) is 3.85. The third kappa shape index (κ3) is 2.71. The van der Waals surface area contributed by atoms with Gasteiger partial charge in [0.1, 0.15) is 12.1 Å². The Balaban J connectivity index is 1.56. The first kappa shape index (κ1) is 15.0. The summed E-state index contributed by atoms with van der Waals surface area (Å²) in [5.41, 5.74) is 0. The van der Waals surface area contributed by atoms with E-state index in [0.717, 1.165) is 5.82 Å². The zero-order chi connectivity index (χ0) is 16.5. The van der Waals surface area contributed by atoms with Gasteiger partial charge in [-0.2, -0.15) is 0 Å². The van der Waals surface area contributed by atoms with Gasteiger partial charge in [-0.1, -0.05) is 0 Å². The lowest BCUT2D eigenvalue weighted by Gasteiger charge is -2.36. The molecule has 2 aromatic rings. The number of fused-ring (bicyclic) bond motifs is 1. The summed E-state index contributed by atoms with van der Waals surface area (Å²) >= 11 is 0. The number of anilines is 2.